The SMILES string of the molecule is CC1(C)C(O)CC1NCCCOCCO. The number of hydrogen-bond acceptors (Lipinski definition) is 4. The van der Waals surface area contributed by atoms with Crippen molar-refractivity contribution in [1.29, 1.82) is 0 Å². The summed E-state index contributed by atoms with van der Waals surface area (Å²) in [6.07, 6.45) is 1.63. The zero-order chi connectivity index (χ0) is 11.3. The Morgan fingerprint density at radius 3 is 2.67 bits per heavy atom. The third-order valence-electron chi connectivity index (χ3n) is 3.31. The van der Waals surface area contributed by atoms with E-state index in [-0.39, 0.29) is 18.1 Å². The Labute approximate surface area is 91.6 Å². The lowest BCUT2D eigenvalue weighted by Gasteiger charge is -2.49. The highest BCUT2D eigenvalue weighted by molar-refractivity contribution is 5.01. The predicted octanol–water partition coefficient (Wildman–Crippen LogP) is 0.134. The minimum atomic E-state index is -0.166. The summed E-state index contributed by atoms with van der Waals surface area (Å²) in [5.41, 5.74) is 0.00591. The van der Waals surface area contributed by atoms with E-state index in [1.54, 1.807) is 0 Å². The van der Waals surface area contributed by atoms with Gasteiger partial charge in [0.05, 0.1) is 19.3 Å². The van der Waals surface area contributed by atoms with Gasteiger partial charge in [-0.15, -0.1) is 0 Å². The van der Waals surface area contributed by atoms with Crippen LogP contribution in [0.15, 0.2) is 0 Å². The maximum Gasteiger partial charge on any atom is 0.0697 e. The van der Waals surface area contributed by atoms with Crippen molar-refractivity contribution in [3.63, 3.8) is 0 Å². The molecule has 4 nitrogen and oxygen atoms in total. The highest BCUT2D eigenvalue weighted by Gasteiger charge is 2.46. The maximum atomic E-state index is 9.53. The van der Waals surface area contributed by atoms with E-state index < -0.39 is 0 Å². The Morgan fingerprint density at radius 2 is 2.13 bits per heavy atom. The number of rotatable bonds is 7. The van der Waals surface area contributed by atoms with Crippen molar-refractivity contribution < 1.29 is 14.9 Å². The zero-order valence-corrected chi connectivity index (χ0v) is 9.70. The Morgan fingerprint density at radius 1 is 1.40 bits per heavy atom. The molecule has 1 aliphatic rings. The Hall–Kier alpha value is -0.160. The van der Waals surface area contributed by atoms with Crippen molar-refractivity contribution in [3.8, 4) is 0 Å². The van der Waals surface area contributed by atoms with Crippen LogP contribution in [0.25, 0.3) is 0 Å². The summed E-state index contributed by atoms with van der Waals surface area (Å²) in [5, 5.41) is 21.4. The highest BCUT2D eigenvalue weighted by atomic mass is 16.5. The normalized spacial score (nSPS) is 28.8. The lowest BCUT2D eigenvalue weighted by atomic mass is 9.64. The van der Waals surface area contributed by atoms with Crippen LogP contribution in [0.3, 0.4) is 0 Å². The third kappa shape index (κ3) is 3.41. The Balaban J connectivity index is 1.97. The molecule has 1 saturated carbocycles. The Kier molecular flexibility index (Phi) is 4.99. The van der Waals surface area contributed by atoms with E-state index in [1.807, 2.05) is 0 Å². The second-order valence-corrected chi connectivity index (χ2v) is 4.77. The molecule has 0 amide bonds. The molecule has 90 valence electrons. The summed E-state index contributed by atoms with van der Waals surface area (Å²) in [6, 6.07) is 0.422. The molecule has 0 bridgehead atoms. The van der Waals surface area contributed by atoms with Crippen molar-refractivity contribution in [1.82, 2.24) is 5.32 Å². The third-order valence-corrected chi connectivity index (χ3v) is 3.31. The van der Waals surface area contributed by atoms with Crippen molar-refractivity contribution >= 4 is 0 Å². The summed E-state index contributed by atoms with van der Waals surface area (Å²) in [5.74, 6) is 0. The summed E-state index contributed by atoms with van der Waals surface area (Å²) >= 11 is 0. The first kappa shape index (κ1) is 12.9. The maximum absolute atomic E-state index is 9.53. The minimum absolute atomic E-state index is 0.00591. The molecule has 0 heterocycles. The molecule has 0 radical (unpaired) electrons. The van der Waals surface area contributed by atoms with Crippen LogP contribution < -0.4 is 5.32 Å². The van der Waals surface area contributed by atoms with Crippen LogP contribution in [0.2, 0.25) is 0 Å². The average molecular weight is 217 g/mol. The van der Waals surface area contributed by atoms with Gasteiger partial charge >= 0.3 is 0 Å². The standard InChI is InChI=1S/C11H23NO3/c1-11(2)9(8-10(11)14)12-4-3-6-15-7-5-13/h9-10,12-14H,3-8H2,1-2H3. The zero-order valence-electron chi connectivity index (χ0n) is 9.70. The van der Waals surface area contributed by atoms with Gasteiger partial charge in [0.1, 0.15) is 0 Å². The smallest absolute Gasteiger partial charge is 0.0697 e. The van der Waals surface area contributed by atoms with E-state index in [0.717, 1.165) is 19.4 Å². The highest BCUT2D eigenvalue weighted by Crippen LogP contribution is 2.40. The van der Waals surface area contributed by atoms with Crippen molar-refractivity contribution in [3.05, 3.63) is 0 Å². The molecular weight excluding hydrogens is 194 g/mol. The van der Waals surface area contributed by atoms with Gasteiger partial charge in [0.25, 0.3) is 0 Å². The van der Waals surface area contributed by atoms with Crippen molar-refractivity contribution in [2.45, 2.75) is 38.8 Å². The molecule has 1 aliphatic carbocycles. The lowest BCUT2D eigenvalue weighted by Crippen LogP contribution is -2.60. The van der Waals surface area contributed by atoms with E-state index in [0.29, 0.717) is 19.3 Å². The van der Waals surface area contributed by atoms with Crippen molar-refractivity contribution in [2.24, 2.45) is 5.41 Å². The van der Waals surface area contributed by atoms with E-state index in [1.165, 1.54) is 0 Å². The molecular formula is C11H23NO3. The number of aliphatic hydroxyl groups is 2. The van der Waals surface area contributed by atoms with Gasteiger partial charge in [0, 0.05) is 18.1 Å². The van der Waals surface area contributed by atoms with Crippen LogP contribution in [0.4, 0.5) is 0 Å². The van der Waals surface area contributed by atoms with Crippen LogP contribution in [0.5, 0.6) is 0 Å². The number of ether oxygens (including phenoxy) is 1. The van der Waals surface area contributed by atoms with Crippen molar-refractivity contribution in [2.75, 3.05) is 26.4 Å². The van der Waals surface area contributed by atoms with E-state index in [2.05, 4.69) is 19.2 Å². The van der Waals surface area contributed by atoms with E-state index in [9.17, 15) is 5.11 Å². The summed E-state index contributed by atoms with van der Waals surface area (Å²) in [6.45, 7) is 6.28. The molecule has 0 aliphatic heterocycles. The average Bonchev–Trinajstić information content (AvgIpc) is 2.21. The van der Waals surface area contributed by atoms with E-state index >= 15 is 0 Å². The lowest BCUT2D eigenvalue weighted by molar-refractivity contribution is -0.0726. The van der Waals surface area contributed by atoms with Gasteiger partial charge in [-0.2, -0.15) is 0 Å². The number of hydrogen-bond donors (Lipinski definition) is 3. The topological polar surface area (TPSA) is 61.7 Å². The van der Waals surface area contributed by atoms with Crippen LogP contribution in [-0.2, 0) is 4.74 Å². The van der Waals surface area contributed by atoms with Gasteiger partial charge in [-0.05, 0) is 19.4 Å². The largest absolute Gasteiger partial charge is 0.394 e. The molecule has 2 atom stereocenters. The first-order chi connectivity index (χ1) is 7.09. The molecule has 1 fully saturated rings. The molecule has 15 heavy (non-hydrogen) atoms. The number of nitrogens with one attached hydrogen (secondary N) is 1. The fourth-order valence-electron chi connectivity index (χ4n) is 1.87. The molecule has 0 aromatic rings. The predicted molar refractivity (Wildman–Crippen MR) is 58.7 cm³/mol. The fourth-order valence-corrected chi connectivity index (χ4v) is 1.87. The van der Waals surface area contributed by atoms with Crippen LogP contribution in [-0.4, -0.2) is 48.7 Å². The van der Waals surface area contributed by atoms with Gasteiger partial charge in [0.2, 0.25) is 0 Å². The molecule has 1 rings (SSSR count). The number of aliphatic hydroxyl groups excluding tert-OH is 2. The van der Waals surface area contributed by atoms with E-state index in [4.69, 9.17) is 9.84 Å². The first-order valence-electron chi connectivity index (χ1n) is 5.69. The van der Waals surface area contributed by atoms with Gasteiger partial charge in [-0.1, -0.05) is 13.8 Å². The fraction of sp³-hybridized carbons (Fsp3) is 1.00. The summed E-state index contributed by atoms with van der Waals surface area (Å²) in [7, 11) is 0. The minimum Gasteiger partial charge on any atom is -0.394 e. The van der Waals surface area contributed by atoms with Gasteiger partial charge in [-0.25, -0.2) is 0 Å². The molecule has 0 spiro atoms. The van der Waals surface area contributed by atoms with Gasteiger partial charge in [-0.3, -0.25) is 0 Å². The van der Waals surface area contributed by atoms with Gasteiger partial charge in [0.15, 0.2) is 0 Å². The second-order valence-electron chi connectivity index (χ2n) is 4.77. The molecule has 0 saturated heterocycles. The molecule has 0 aromatic carbocycles. The van der Waals surface area contributed by atoms with Gasteiger partial charge < -0.3 is 20.3 Å². The monoisotopic (exact) mass is 217 g/mol. The quantitative estimate of drug-likeness (QED) is 0.531. The van der Waals surface area contributed by atoms with Crippen LogP contribution in [0.1, 0.15) is 26.7 Å². The molecule has 2 unspecified atom stereocenters. The molecule has 0 aromatic heterocycles. The summed E-state index contributed by atoms with van der Waals surface area (Å²) < 4.78 is 5.15. The summed E-state index contributed by atoms with van der Waals surface area (Å²) in [4.78, 5) is 0. The molecule has 3 N–H and O–H groups in total. The Bertz CT molecular complexity index is 185. The van der Waals surface area contributed by atoms with Crippen LogP contribution in [0, 0.1) is 5.41 Å². The molecule has 4 heteroatoms. The first-order valence-corrected chi connectivity index (χ1v) is 5.69. The second kappa shape index (κ2) is 5.80. The van der Waals surface area contributed by atoms with Crippen LogP contribution >= 0.6 is 0 Å².